The predicted octanol–water partition coefficient (Wildman–Crippen LogP) is 2.23. The first-order valence-electron chi connectivity index (χ1n) is 6.71. The van der Waals surface area contributed by atoms with Gasteiger partial charge in [0.15, 0.2) is 11.5 Å². The lowest BCUT2D eigenvalue weighted by Crippen LogP contribution is -2.32. The molecular formula is C15H25NO4. The second kappa shape index (κ2) is 8.66. The second-order valence-electron chi connectivity index (χ2n) is 4.46. The van der Waals surface area contributed by atoms with Crippen LogP contribution >= 0.6 is 0 Å². The molecule has 0 amide bonds. The Bertz CT molecular complexity index is 409. The summed E-state index contributed by atoms with van der Waals surface area (Å²) in [6, 6.07) is 4.09. The van der Waals surface area contributed by atoms with Gasteiger partial charge in [-0.25, -0.2) is 0 Å². The molecule has 0 saturated carbocycles. The summed E-state index contributed by atoms with van der Waals surface area (Å²) >= 11 is 0. The van der Waals surface area contributed by atoms with Crippen molar-refractivity contribution in [3.05, 3.63) is 17.7 Å². The first kappa shape index (κ1) is 16.6. The van der Waals surface area contributed by atoms with Crippen LogP contribution < -0.4 is 19.5 Å². The van der Waals surface area contributed by atoms with Gasteiger partial charge >= 0.3 is 0 Å². The second-order valence-corrected chi connectivity index (χ2v) is 4.46. The molecule has 1 aromatic carbocycles. The van der Waals surface area contributed by atoms with Crippen molar-refractivity contribution in [2.24, 2.45) is 0 Å². The highest BCUT2D eigenvalue weighted by Crippen LogP contribution is 2.34. The third-order valence-electron chi connectivity index (χ3n) is 3.23. The van der Waals surface area contributed by atoms with Crippen molar-refractivity contribution in [2.45, 2.75) is 25.9 Å². The van der Waals surface area contributed by atoms with Crippen molar-refractivity contribution in [3.63, 3.8) is 0 Å². The number of rotatable bonds is 9. The van der Waals surface area contributed by atoms with E-state index in [0.29, 0.717) is 30.7 Å². The molecule has 0 aliphatic carbocycles. The summed E-state index contributed by atoms with van der Waals surface area (Å²) in [7, 11) is 6.60. The van der Waals surface area contributed by atoms with Crippen molar-refractivity contribution in [2.75, 3.05) is 35.0 Å². The Hall–Kier alpha value is -1.46. The summed E-state index contributed by atoms with van der Waals surface area (Å²) in [5, 5.41) is 3.45. The van der Waals surface area contributed by atoms with E-state index in [1.54, 1.807) is 28.4 Å². The fourth-order valence-electron chi connectivity index (χ4n) is 2.01. The van der Waals surface area contributed by atoms with Gasteiger partial charge in [-0.3, -0.25) is 0 Å². The summed E-state index contributed by atoms with van der Waals surface area (Å²) in [6.45, 7) is 3.50. The van der Waals surface area contributed by atoms with Crippen LogP contribution in [0.5, 0.6) is 17.2 Å². The fraction of sp³-hybridized carbons (Fsp3) is 0.600. The summed E-state index contributed by atoms with van der Waals surface area (Å²) in [4.78, 5) is 0. The topological polar surface area (TPSA) is 49.0 Å². The lowest BCUT2D eigenvalue weighted by molar-refractivity contribution is 0.163. The van der Waals surface area contributed by atoms with E-state index in [2.05, 4.69) is 12.2 Å². The minimum absolute atomic E-state index is 0.317. The van der Waals surface area contributed by atoms with E-state index in [-0.39, 0.29) is 0 Å². The molecule has 1 unspecified atom stereocenters. The number of benzene rings is 1. The largest absolute Gasteiger partial charge is 0.496 e. The van der Waals surface area contributed by atoms with Crippen LogP contribution in [-0.4, -0.2) is 41.1 Å². The molecule has 0 bridgehead atoms. The molecule has 1 atom stereocenters. The van der Waals surface area contributed by atoms with E-state index in [1.807, 2.05) is 12.1 Å². The van der Waals surface area contributed by atoms with Crippen LogP contribution in [0.1, 0.15) is 18.9 Å². The van der Waals surface area contributed by atoms with Crippen LogP contribution in [0.25, 0.3) is 0 Å². The number of methoxy groups -OCH3 is 4. The fourth-order valence-corrected chi connectivity index (χ4v) is 2.01. The highest BCUT2D eigenvalue weighted by Gasteiger charge is 2.13. The lowest BCUT2D eigenvalue weighted by Gasteiger charge is -2.18. The Morgan fingerprint density at radius 2 is 1.55 bits per heavy atom. The molecule has 1 rings (SSSR count). The molecular weight excluding hydrogens is 258 g/mol. The Kier molecular flexibility index (Phi) is 7.18. The van der Waals surface area contributed by atoms with Crippen LogP contribution in [0.2, 0.25) is 0 Å². The molecule has 0 aliphatic heterocycles. The summed E-state index contributed by atoms with van der Waals surface area (Å²) in [5.41, 5.74) is 1.03. The molecule has 0 aliphatic rings. The average Bonchev–Trinajstić information content (AvgIpc) is 2.50. The maximum Gasteiger partial charge on any atom is 0.164 e. The van der Waals surface area contributed by atoms with Gasteiger partial charge in [-0.15, -0.1) is 0 Å². The summed E-state index contributed by atoms with van der Waals surface area (Å²) in [5.74, 6) is 2.14. The Balaban J connectivity index is 2.87. The molecule has 5 nitrogen and oxygen atoms in total. The molecule has 0 heterocycles. The maximum absolute atomic E-state index is 5.41. The van der Waals surface area contributed by atoms with Crippen molar-refractivity contribution < 1.29 is 18.9 Å². The maximum atomic E-state index is 5.41. The van der Waals surface area contributed by atoms with Crippen LogP contribution in [-0.2, 0) is 11.3 Å². The van der Waals surface area contributed by atoms with E-state index in [1.165, 1.54) is 0 Å². The molecule has 0 spiro atoms. The zero-order chi connectivity index (χ0) is 15.0. The first-order valence-corrected chi connectivity index (χ1v) is 6.71. The molecule has 0 aromatic heterocycles. The molecule has 1 N–H and O–H groups in total. The Labute approximate surface area is 121 Å². The first-order chi connectivity index (χ1) is 9.69. The van der Waals surface area contributed by atoms with E-state index >= 15 is 0 Å². The van der Waals surface area contributed by atoms with E-state index in [9.17, 15) is 0 Å². The SMILES string of the molecule is CCC(COC)NCc1cc(OC)c(OC)cc1OC. The van der Waals surface area contributed by atoms with E-state index in [0.717, 1.165) is 17.7 Å². The van der Waals surface area contributed by atoms with Gasteiger partial charge in [0, 0.05) is 31.3 Å². The van der Waals surface area contributed by atoms with Gasteiger partial charge in [0.1, 0.15) is 5.75 Å². The molecule has 114 valence electrons. The summed E-state index contributed by atoms with van der Waals surface area (Å²) < 4.78 is 21.2. The van der Waals surface area contributed by atoms with Gasteiger partial charge in [0.2, 0.25) is 0 Å². The van der Waals surface area contributed by atoms with Gasteiger partial charge in [0.05, 0.1) is 27.9 Å². The van der Waals surface area contributed by atoms with Crippen LogP contribution in [0, 0.1) is 0 Å². The lowest BCUT2D eigenvalue weighted by atomic mass is 10.1. The number of nitrogens with one attached hydrogen (secondary N) is 1. The van der Waals surface area contributed by atoms with Crippen molar-refractivity contribution in [3.8, 4) is 17.2 Å². The van der Waals surface area contributed by atoms with Gasteiger partial charge < -0.3 is 24.3 Å². The quantitative estimate of drug-likeness (QED) is 0.753. The highest BCUT2D eigenvalue weighted by atomic mass is 16.5. The normalized spacial score (nSPS) is 12.1. The van der Waals surface area contributed by atoms with Gasteiger partial charge in [-0.05, 0) is 12.5 Å². The van der Waals surface area contributed by atoms with Gasteiger partial charge in [-0.1, -0.05) is 6.92 Å². The molecule has 1 aromatic rings. The van der Waals surface area contributed by atoms with Gasteiger partial charge in [-0.2, -0.15) is 0 Å². The van der Waals surface area contributed by atoms with Crippen molar-refractivity contribution in [1.29, 1.82) is 0 Å². The number of hydrogen-bond donors (Lipinski definition) is 1. The van der Waals surface area contributed by atoms with E-state index in [4.69, 9.17) is 18.9 Å². The highest BCUT2D eigenvalue weighted by molar-refractivity contribution is 5.50. The molecule has 0 fully saturated rings. The Morgan fingerprint density at radius 1 is 0.950 bits per heavy atom. The van der Waals surface area contributed by atoms with Crippen molar-refractivity contribution >= 4 is 0 Å². The van der Waals surface area contributed by atoms with Crippen LogP contribution in [0.15, 0.2) is 12.1 Å². The predicted molar refractivity (Wildman–Crippen MR) is 78.9 cm³/mol. The molecule has 5 heteroatoms. The third-order valence-corrected chi connectivity index (χ3v) is 3.23. The van der Waals surface area contributed by atoms with Crippen LogP contribution in [0.4, 0.5) is 0 Å². The average molecular weight is 283 g/mol. The van der Waals surface area contributed by atoms with E-state index < -0.39 is 0 Å². The zero-order valence-corrected chi connectivity index (χ0v) is 13.0. The molecule has 0 radical (unpaired) electrons. The standard InChI is InChI=1S/C15H25NO4/c1-6-12(10-17-2)16-9-11-7-14(19-4)15(20-5)8-13(11)18-3/h7-8,12,16H,6,9-10H2,1-5H3. The number of ether oxygens (including phenoxy) is 4. The van der Waals surface area contributed by atoms with Gasteiger partial charge in [0.25, 0.3) is 0 Å². The zero-order valence-electron chi connectivity index (χ0n) is 13.0. The molecule has 20 heavy (non-hydrogen) atoms. The third kappa shape index (κ3) is 4.28. The minimum atomic E-state index is 0.317. The summed E-state index contributed by atoms with van der Waals surface area (Å²) in [6.07, 6.45) is 1.00. The van der Waals surface area contributed by atoms with Crippen LogP contribution in [0.3, 0.4) is 0 Å². The smallest absolute Gasteiger partial charge is 0.164 e. The monoisotopic (exact) mass is 283 g/mol. The number of hydrogen-bond acceptors (Lipinski definition) is 5. The molecule has 0 saturated heterocycles. The van der Waals surface area contributed by atoms with Crippen molar-refractivity contribution in [1.82, 2.24) is 5.32 Å². The Morgan fingerprint density at radius 3 is 2.05 bits per heavy atom. The minimum Gasteiger partial charge on any atom is -0.496 e.